The normalized spacial score (nSPS) is 19.5. The molecular formula is C19H24FN5O7S. The van der Waals surface area contributed by atoms with Gasteiger partial charge >= 0.3 is 5.97 Å². The van der Waals surface area contributed by atoms with Gasteiger partial charge in [0.2, 0.25) is 5.43 Å². The lowest BCUT2D eigenvalue weighted by Gasteiger charge is -2.20. The summed E-state index contributed by atoms with van der Waals surface area (Å²) in [6.07, 6.45) is 4.24. The summed E-state index contributed by atoms with van der Waals surface area (Å²) >= 11 is 0. The number of fused-ring (bicyclic) bond motifs is 1. The summed E-state index contributed by atoms with van der Waals surface area (Å²) in [7, 11) is -2.26. The van der Waals surface area contributed by atoms with E-state index in [4.69, 9.17) is 15.1 Å². The zero-order chi connectivity index (χ0) is 24.5. The summed E-state index contributed by atoms with van der Waals surface area (Å²) in [5.74, 6) is -1.46. The number of rotatable bonds is 5. The third kappa shape index (κ3) is 5.64. The maximum absolute atomic E-state index is 15.0. The first-order valence-electron chi connectivity index (χ1n) is 9.93. The monoisotopic (exact) mass is 485 g/mol. The number of aromatic carboxylic acids is 1. The first-order valence-corrected chi connectivity index (χ1v) is 11.8. The van der Waals surface area contributed by atoms with E-state index in [0.29, 0.717) is 31.6 Å². The van der Waals surface area contributed by atoms with Gasteiger partial charge in [-0.1, -0.05) is 5.16 Å². The fourth-order valence-corrected chi connectivity index (χ4v) is 3.57. The Kier molecular flexibility index (Phi) is 7.00. The summed E-state index contributed by atoms with van der Waals surface area (Å²) in [4.78, 5) is 34.9. The number of halogens is 1. The van der Waals surface area contributed by atoms with Crippen molar-refractivity contribution in [1.29, 1.82) is 0 Å². The molecule has 4 N–H and O–H groups in total. The van der Waals surface area contributed by atoms with Crippen LogP contribution in [0.15, 0.2) is 22.2 Å². The number of carboxylic acid groups (broad SMARTS) is 1. The summed E-state index contributed by atoms with van der Waals surface area (Å²) < 4.78 is 42.5. The van der Waals surface area contributed by atoms with Crippen molar-refractivity contribution < 1.29 is 32.1 Å². The molecular weight excluding hydrogens is 461 g/mol. The Bertz CT molecular complexity index is 1270. The minimum Gasteiger partial charge on any atom is -0.477 e. The molecule has 14 heteroatoms. The fourth-order valence-electron chi connectivity index (χ4n) is 3.57. The number of carboxylic acids is 1. The molecule has 1 saturated heterocycles. The van der Waals surface area contributed by atoms with Crippen LogP contribution in [-0.2, 0) is 15.0 Å². The van der Waals surface area contributed by atoms with Crippen LogP contribution in [0.2, 0.25) is 0 Å². The van der Waals surface area contributed by atoms with E-state index in [1.54, 1.807) is 9.47 Å². The lowest BCUT2D eigenvalue weighted by atomic mass is 10.1. The Hall–Kier alpha value is -3.10. The van der Waals surface area contributed by atoms with E-state index in [0.717, 1.165) is 18.9 Å². The number of nitrogens with zero attached hydrogens (tertiary/aromatic N) is 4. The third-order valence-electron chi connectivity index (χ3n) is 5.12. The van der Waals surface area contributed by atoms with Crippen LogP contribution < -0.4 is 16.1 Å². The fraction of sp³-hybridized carbons (Fsp3) is 0.474. The van der Waals surface area contributed by atoms with E-state index in [1.807, 2.05) is 0 Å². The average Bonchev–Trinajstić information content (AvgIpc) is 3.47. The third-order valence-corrected chi connectivity index (χ3v) is 5.12. The number of pyridine rings is 2. The number of hydrogen-bond acceptors (Lipinski definition) is 8. The van der Waals surface area contributed by atoms with Gasteiger partial charge in [-0.2, -0.15) is 8.42 Å². The molecule has 0 bridgehead atoms. The van der Waals surface area contributed by atoms with Crippen LogP contribution in [-0.4, -0.2) is 65.9 Å². The lowest BCUT2D eigenvalue weighted by molar-refractivity contribution is 0.0694. The molecule has 1 saturated carbocycles. The summed E-state index contributed by atoms with van der Waals surface area (Å²) in [6.45, 7) is 0.832. The van der Waals surface area contributed by atoms with Crippen LogP contribution in [0.3, 0.4) is 0 Å². The summed E-state index contributed by atoms with van der Waals surface area (Å²) in [5, 5.41) is 13.2. The van der Waals surface area contributed by atoms with Gasteiger partial charge in [-0.25, -0.2) is 14.2 Å². The molecule has 2 aromatic rings. The molecule has 2 fully saturated rings. The van der Waals surface area contributed by atoms with Crippen molar-refractivity contribution >= 4 is 38.8 Å². The highest BCUT2D eigenvalue weighted by atomic mass is 32.2. The van der Waals surface area contributed by atoms with Crippen LogP contribution >= 0.6 is 0 Å². The van der Waals surface area contributed by atoms with Crippen molar-refractivity contribution in [2.24, 2.45) is 16.8 Å². The SMILES string of the molecule is CON=C1CC(CN)CN1c1nc2c(cc1F)c(=O)c(C(=O)O)cn2C1CC1.CS(=O)(=O)O. The van der Waals surface area contributed by atoms with Gasteiger partial charge in [0.15, 0.2) is 17.5 Å². The molecule has 12 nitrogen and oxygen atoms in total. The van der Waals surface area contributed by atoms with Gasteiger partial charge in [0, 0.05) is 25.2 Å². The highest BCUT2D eigenvalue weighted by Gasteiger charge is 2.33. The maximum Gasteiger partial charge on any atom is 0.341 e. The first-order chi connectivity index (χ1) is 15.4. The highest BCUT2D eigenvalue weighted by Crippen LogP contribution is 2.37. The molecule has 180 valence electrons. The smallest absolute Gasteiger partial charge is 0.341 e. The van der Waals surface area contributed by atoms with E-state index in [2.05, 4.69) is 10.1 Å². The van der Waals surface area contributed by atoms with Gasteiger partial charge in [-0.05, 0) is 31.4 Å². The zero-order valence-corrected chi connectivity index (χ0v) is 18.7. The van der Waals surface area contributed by atoms with Crippen LogP contribution in [0, 0.1) is 11.7 Å². The molecule has 0 radical (unpaired) electrons. The van der Waals surface area contributed by atoms with Gasteiger partial charge in [0.1, 0.15) is 18.3 Å². The number of oxime groups is 1. The van der Waals surface area contributed by atoms with Crippen LogP contribution in [0.4, 0.5) is 10.2 Å². The number of aromatic nitrogens is 2. The molecule has 1 aliphatic heterocycles. The summed E-state index contributed by atoms with van der Waals surface area (Å²) in [6, 6.07) is 1.11. The quantitative estimate of drug-likeness (QED) is 0.406. The van der Waals surface area contributed by atoms with Crippen LogP contribution in [0.25, 0.3) is 11.0 Å². The molecule has 2 aliphatic rings. The van der Waals surface area contributed by atoms with Crippen molar-refractivity contribution in [1.82, 2.24) is 9.55 Å². The number of anilines is 1. The van der Waals surface area contributed by atoms with Crippen LogP contribution in [0.5, 0.6) is 0 Å². The van der Waals surface area contributed by atoms with E-state index in [1.165, 1.54) is 13.3 Å². The van der Waals surface area contributed by atoms with Gasteiger partial charge in [-0.3, -0.25) is 9.35 Å². The second-order valence-electron chi connectivity index (χ2n) is 7.82. The molecule has 0 amide bonds. The standard InChI is InChI=1S/C18H20FN5O4.CH4O3S/c1-28-22-14-4-9(6-20)7-24(14)17-13(19)5-11-15(25)12(18(26)27)8-23(10-2-3-10)16(11)21-17;1-5(2,3)4/h5,8-10H,2-4,6-7,20H2,1H3,(H,26,27);1H3,(H,2,3,4). The zero-order valence-electron chi connectivity index (χ0n) is 17.9. The van der Waals surface area contributed by atoms with Gasteiger partial charge in [0.05, 0.1) is 11.6 Å². The molecule has 2 aromatic heterocycles. The average molecular weight is 485 g/mol. The molecule has 33 heavy (non-hydrogen) atoms. The molecule has 1 aliphatic carbocycles. The first kappa shape index (κ1) is 24.5. The van der Waals surface area contributed by atoms with Crippen molar-refractivity contribution in [3.8, 4) is 0 Å². The molecule has 0 spiro atoms. The van der Waals surface area contributed by atoms with Crippen molar-refractivity contribution in [2.75, 3.05) is 31.4 Å². The Morgan fingerprint density at radius 1 is 1.42 bits per heavy atom. The van der Waals surface area contributed by atoms with Crippen molar-refractivity contribution in [3.05, 3.63) is 33.9 Å². The topological polar surface area (TPSA) is 177 Å². The predicted molar refractivity (Wildman–Crippen MR) is 118 cm³/mol. The van der Waals surface area contributed by atoms with Crippen molar-refractivity contribution in [3.63, 3.8) is 0 Å². The highest BCUT2D eigenvalue weighted by molar-refractivity contribution is 7.85. The predicted octanol–water partition coefficient (Wildman–Crippen LogP) is 0.818. The Labute approximate surface area is 188 Å². The summed E-state index contributed by atoms with van der Waals surface area (Å²) in [5.41, 5.74) is 4.89. The molecule has 4 rings (SSSR count). The molecule has 1 unspecified atom stereocenters. The van der Waals surface area contributed by atoms with E-state index in [9.17, 15) is 27.5 Å². The minimum atomic E-state index is -3.67. The number of carbonyl (C=O) groups is 1. The van der Waals surface area contributed by atoms with E-state index in [-0.39, 0.29) is 34.4 Å². The molecule has 1 atom stereocenters. The van der Waals surface area contributed by atoms with Gasteiger partial charge in [-0.15, -0.1) is 0 Å². The van der Waals surface area contributed by atoms with E-state index >= 15 is 0 Å². The number of amidine groups is 1. The second-order valence-corrected chi connectivity index (χ2v) is 9.29. The van der Waals surface area contributed by atoms with Crippen molar-refractivity contribution in [2.45, 2.75) is 25.3 Å². The maximum atomic E-state index is 15.0. The lowest BCUT2D eigenvalue weighted by Crippen LogP contribution is -2.29. The van der Waals surface area contributed by atoms with Crippen LogP contribution in [0.1, 0.15) is 35.7 Å². The Balaban J connectivity index is 0.000000555. The van der Waals surface area contributed by atoms with E-state index < -0.39 is 27.3 Å². The minimum absolute atomic E-state index is 0.0242. The largest absolute Gasteiger partial charge is 0.477 e. The molecule has 3 heterocycles. The Morgan fingerprint density at radius 2 is 2.06 bits per heavy atom. The van der Waals surface area contributed by atoms with Gasteiger partial charge in [0.25, 0.3) is 10.1 Å². The molecule has 0 aromatic carbocycles. The Morgan fingerprint density at radius 3 is 2.58 bits per heavy atom. The number of hydrogen-bond donors (Lipinski definition) is 3. The van der Waals surface area contributed by atoms with Gasteiger partial charge < -0.3 is 25.1 Å². The second kappa shape index (κ2) is 9.41. The number of nitrogens with two attached hydrogens (primary N) is 1.